The van der Waals surface area contributed by atoms with E-state index in [-0.39, 0.29) is 24.1 Å². The summed E-state index contributed by atoms with van der Waals surface area (Å²) in [6.07, 6.45) is 5.46. The quantitative estimate of drug-likeness (QED) is 0.384. The maximum Gasteiger partial charge on any atom is 0.246 e. The van der Waals surface area contributed by atoms with Crippen molar-refractivity contribution in [1.29, 1.82) is 0 Å². The van der Waals surface area contributed by atoms with Gasteiger partial charge in [0.05, 0.1) is 30.2 Å². The van der Waals surface area contributed by atoms with E-state index < -0.39 is 5.82 Å². The van der Waals surface area contributed by atoms with Crippen molar-refractivity contribution < 1.29 is 19.4 Å². The maximum absolute atomic E-state index is 13.5. The summed E-state index contributed by atoms with van der Waals surface area (Å²) in [5, 5.41) is 22.4. The van der Waals surface area contributed by atoms with Crippen LogP contribution in [-0.2, 0) is 17.8 Å². The Morgan fingerprint density at radius 1 is 1.29 bits per heavy atom. The Morgan fingerprint density at radius 2 is 2.09 bits per heavy atom. The minimum atomic E-state index is -0.485. The predicted octanol–water partition coefficient (Wildman–Crippen LogP) is 2.95. The van der Waals surface area contributed by atoms with Crippen LogP contribution in [0.5, 0.6) is 0 Å². The van der Waals surface area contributed by atoms with Gasteiger partial charge >= 0.3 is 0 Å². The normalized spacial score (nSPS) is 13.7. The van der Waals surface area contributed by atoms with Crippen molar-refractivity contribution in [2.45, 2.75) is 13.0 Å². The van der Waals surface area contributed by atoms with Crippen LogP contribution in [0.2, 0.25) is 5.02 Å². The summed E-state index contributed by atoms with van der Waals surface area (Å²) >= 11 is 7.44. The summed E-state index contributed by atoms with van der Waals surface area (Å²) < 4.78 is 13.5. The van der Waals surface area contributed by atoms with E-state index in [2.05, 4.69) is 15.3 Å². The highest BCUT2D eigenvalue weighted by atomic mass is 35.5. The number of aliphatic hydroxyl groups excluding tert-OH is 2. The van der Waals surface area contributed by atoms with Crippen molar-refractivity contribution >= 4 is 50.6 Å². The van der Waals surface area contributed by atoms with Gasteiger partial charge in [0.2, 0.25) is 5.91 Å². The zero-order valence-corrected chi connectivity index (χ0v) is 19.9. The minimum absolute atomic E-state index is 0.00341. The fourth-order valence-electron chi connectivity index (χ4n) is 3.91. The summed E-state index contributed by atoms with van der Waals surface area (Å²) in [6, 6.07) is 4.41. The van der Waals surface area contributed by atoms with E-state index in [0.29, 0.717) is 50.6 Å². The van der Waals surface area contributed by atoms with Crippen molar-refractivity contribution in [1.82, 2.24) is 19.8 Å². The molecule has 0 unspecified atom stereocenters. The molecule has 0 fully saturated rings. The number of nitrogens with zero attached hydrogens (tertiary/aromatic N) is 4. The van der Waals surface area contributed by atoms with Crippen LogP contribution in [0, 0.1) is 5.82 Å². The zero-order valence-electron chi connectivity index (χ0n) is 18.4. The Bertz CT molecular complexity index is 1200. The first-order valence-corrected chi connectivity index (χ1v) is 12.1. The fraction of sp³-hybridized carbons (Fsp3) is 0.348. The van der Waals surface area contributed by atoms with Crippen molar-refractivity contribution in [3.05, 3.63) is 58.0 Å². The molecule has 1 aliphatic rings. The number of anilines is 2. The first-order valence-electron chi connectivity index (χ1n) is 10.9. The number of benzene rings is 1. The molecule has 0 saturated carbocycles. The molecule has 8 nitrogen and oxygen atoms in total. The molecule has 0 radical (unpaired) electrons. The molecule has 0 bridgehead atoms. The SMILES string of the molecule is O=C(C=CCN(CCO)CCO)N1CCc2c(sc3ncnc(Nc4ccc(F)c(Cl)c4)c23)C1. The van der Waals surface area contributed by atoms with Crippen molar-refractivity contribution in [3.63, 3.8) is 0 Å². The molecule has 0 aliphatic carbocycles. The van der Waals surface area contributed by atoms with Gasteiger partial charge in [-0.3, -0.25) is 9.69 Å². The minimum Gasteiger partial charge on any atom is -0.395 e. The molecule has 1 aromatic carbocycles. The molecule has 0 atom stereocenters. The number of nitrogens with one attached hydrogen (secondary N) is 1. The maximum atomic E-state index is 13.5. The van der Waals surface area contributed by atoms with Gasteiger partial charge in [-0.05, 0) is 30.2 Å². The lowest BCUT2D eigenvalue weighted by molar-refractivity contribution is -0.126. The lowest BCUT2D eigenvalue weighted by Gasteiger charge is -2.26. The Kier molecular flexibility index (Phi) is 8.07. The number of thiophene rings is 1. The van der Waals surface area contributed by atoms with Crippen LogP contribution >= 0.6 is 22.9 Å². The van der Waals surface area contributed by atoms with Gasteiger partial charge in [0.1, 0.15) is 22.8 Å². The standard InChI is InChI=1S/C23H25ClFN5O3S/c24-17-12-15(3-4-18(17)25)28-22-21-16-5-7-30(13-19(16)34-23(21)27-14-26-22)20(33)2-1-6-29(8-10-31)9-11-32/h1-4,12,14,31-32H,5-11,13H2,(H,26,27,28). The average Bonchev–Trinajstić information content (AvgIpc) is 3.20. The third kappa shape index (κ3) is 5.53. The van der Waals surface area contributed by atoms with Crippen LogP contribution in [0.4, 0.5) is 15.9 Å². The summed E-state index contributed by atoms with van der Waals surface area (Å²) in [4.78, 5) is 27.1. The number of amides is 1. The van der Waals surface area contributed by atoms with Gasteiger partial charge in [-0.2, -0.15) is 0 Å². The van der Waals surface area contributed by atoms with E-state index in [1.807, 2.05) is 4.90 Å². The lowest BCUT2D eigenvalue weighted by Crippen LogP contribution is -2.34. The molecule has 11 heteroatoms. The van der Waals surface area contributed by atoms with Gasteiger partial charge in [0.25, 0.3) is 0 Å². The largest absolute Gasteiger partial charge is 0.395 e. The summed E-state index contributed by atoms with van der Waals surface area (Å²) in [7, 11) is 0. The highest BCUT2D eigenvalue weighted by Gasteiger charge is 2.25. The van der Waals surface area contributed by atoms with E-state index in [9.17, 15) is 9.18 Å². The van der Waals surface area contributed by atoms with E-state index >= 15 is 0 Å². The zero-order chi connectivity index (χ0) is 24.1. The van der Waals surface area contributed by atoms with E-state index in [1.54, 1.807) is 23.1 Å². The molecule has 0 saturated heterocycles. The van der Waals surface area contributed by atoms with Gasteiger partial charge in [0.15, 0.2) is 0 Å². The van der Waals surface area contributed by atoms with Crippen molar-refractivity contribution in [2.75, 3.05) is 44.7 Å². The number of hydrogen-bond donors (Lipinski definition) is 3. The number of fused-ring (bicyclic) bond motifs is 3. The number of rotatable bonds is 9. The molecule has 4 rings (SSSR count). The van der Waals surface area contributed by atoms with Crippen molar-refractivity contribution in [3.8, 4) is 0 Å². The molecule has 1 aliphatic heterocycles. The second kappa shape index (κ2) is 11.2. The Balaban J connectivity index is 1.49. The molecule has 34 heavy (non-hydrogen) atoms. The third-order valence-electron chi connectivity index (χ3n) is 5.59. The van der Waals surface area contributed by atoms with Gasteiger partial charge in [-0.25, -0.2) is 14.4 Å². The molecule has 3 aromatic rings. The Hall–Kier alpha value is -2.63. The van der Waals surface area contributed by atoms with E-state index in [1.165, 1.54) is 29.8 Å². The summed E-state index contributed by atoms with van der Waals surface area (Å²) in [6.45, 7) is 2.40. The molecule has 0 spiro atoms. The van der Waals surface area contributed by atoms with Crippen LogP contribution in [0.3, 0.4) is 0 Å². The monoisotopic (exact) mass is 505 g/mol. The molecule has 180 valence electrons. The van der Waals surface area contributed by atoms with E-state index in [0.717, 1.165) is 20.7 Å². The van der Waals surface area contributed by atoms with Gasteiger partial charge in [-0.15, -0.1) is 11.3 Å². The second-order valence-electron chi connectivity index (χ2n) is 7.82. The number of hydrogen-bond acceptors (Lipinski definition) is 8. The van der Waals surface area contributed by atoms with E-state index in [4.69, 9.17) is 21.8 Å². The molecular formula is C23H25ClFN5O3S. The van der Waals surface area contributed by atoms with Crippen molar-refractivity contribution in [2.24, 2.45) is 0 Å². The molecule has 1 amide bonds. The number of halogens is 2. The fourth-order valence-corrected chi connectivity index (χ4v) is 5.29. The highest BCUT2D eigenvalue weighted by Crippen LogP contribution is 2.38. The molecule has 3 heterocycles. The van der Waals surface area contributed by atoms with Crippen LogP contribution < -0.4 is 5.32 Å². The first-order chi connectivity index (χ1) is 16.5. The summed E-state index contributed by atoms with van der Waals surface area (Å²) in [5.74, 6) is 0.0559. The van der Waals surface area contributed by atoms with Crippen LogP contribution in [0.1, 0.15) is 10.4 Å². The highest BCUT2D eigenvalue weighted by molar-refractivity contribution is 7.19. The van der Waals surface area contributed by atoms with Gasteiger partial charge < -0.3 is 20.4 Å². The molecular weight excluding hydrogens is 481 g/mol. The topological polar surface area (TPSA) is 102 Å². The second-order valence-corrected chi connectivity index (χ2v) is 9.31. The van der Waals surface area contributed by atoms with Crippen LogP contribution in [0.25, 0.3) is 10.2 Å². The molecule has 2 aromatic heterocycles. The first kappa shape index (κ1) is 24.5. The van der Waals surface area contributed by atoms with Crippen LogP contribution in [-0.4, -0.2) is 75.3 Å². The van der Waals surface area contributed by atoms with Gasteiger partial charge in [0, 0.05) is 42.8 Å². The number of aliphatic hydroxyl groups is 2. The van der Waals surface area contributed by atoms with Crippen LogP contribution in [0.15, 0.2) is 36.7 Å². The molecule has 3 N–H and O–H groups in total. The number of aromatic nitrogens is 2. The smallest absolute Gasteiger partial charge is 0.246 e. The van der Waals surface area contributed by atoms with Gasteiger partial charge in [-0.1, -0.05) is 17.7 Å². The Labute approximate surface area is 205 Å². The number of carbonyl (C=O) groups is 1. The Morgan fingerprint density at radius 3 is 2.82 bits per heavy atom. The summed E-state index contributed by atoms with van der Waals surface area (Å²) in [5.41, 5.74) is 1.74. The average molecular weight is 506 g/mol. The number of carbonyl (C=O) groups excluding carboxylic acids is 1. The third-order valence-corrected chi connectivity index (χ3v) is 7.00. The lowest BCUT2D eigenvalue weighted by atomic mass is 10.0. The predicted molar refractivity (Wildman–Crippen MR) is 131 cm³/mol.